The lowest BCUT2D eigenvalue weighted by Gasteiger charge is -2.29. The summed E-state index contributed by atoms with van der Waals surface area (Å²) >= 11 is 0. The smallest absolute Gasteiger partial charge is 0.227 e. The minimum atomic E-state index is -3.53. The third-order valence-electron chi connectivity index (χ3n) is 5.38. The molecule has 1 atom stereocenters. The molecule has 1 aliphatic rings. The number of benzene rings is 2. The maximum absolute atomic E-state index is 11.5. The van der Waals surface area contributed by atoms with Crippen molar-refractivity contribution in [3.8, 4) is 23.4 Å². The summed E-state index contributed by atoms with van der Waals surface area (Å²) in [5.74, 6) is 0.364. The molecule has 0 spiro atoms. The lowest BCUT2D eigenvalue weighted by Crippen LogP contribution is -2.36. The lowest BCUT2D eigenvalue weighted by molar-refractivity contribution is 0.122. The number of morpholine rings is 1. The van der Waals surface area contributed by atoms with E-state index in [-0.39, 0.29) is 0 Å². The molecule has 2 aromatic carbocycles. The van der Waals surface area contributed by atoms with Gasteiger partial charge < -0.3 is 15.0 Å². The van der Waals surface area contributed by atoms with Crippen LogP contribution in [0.25, 0.3) is 11.3 Å². The van der Waals surface area contributed by atoms with Gasteiger partial charge in [0.15, 0.2) is 0 Å². The van der Waals surface area contributed by atoms with Crippen molar-refractivity contribution in [1.29, 1.82) is 10.5 Å². The van der Waals surface area contributed by atoms with Gasteiger partial charge in [-0.3, -0.25) is 0 Å². The number of nitrogens with one attached hydrogen (secondary N) is 2. The first-order valence-electron chi connectivity index (χ1n) is 10.8. The number of rotatable bonds is 7. The molecule has 0 saturated carbocycles. The molecular formula is C24H23N7O3S. The zero-order valence-corrected chi connectivity index (χ0v) is 19.8. The van der Waals surface area contributed by atoms with Crippen molar-refractivity contribution in [2.24, 2.45) is 0 Å². The maximum Gasteiger partial charge on any atom is 0.227 e. The number of anilines is 3. The van der Waals surface area contributed by atoms with Gasteiger partial charge in [0.05, 0.1) is 42.5 Å². The molecule has 2 heterocycles. The summed E-state index contributed by atoms with van der Waals surface area (Å²) in [5.41, 5.74) is 4.06. The van der Waals surface area contributed by atoms with Crippen LogP contribution >= 0.6 is 0 Å². The molecule has 1 fully saturated rings. The summed E-state index contributed by atoms with van der Waals surface area (Å²) in [4.78, 5) is 11.0. The fourth-order valence-electron chi connectivity index (χ4n) is 3.72. The molecule has 0 bridgehead atoms. The minimum absolute atomic E-state index is 0.364. The van der Waals surface area contributed by atoms with E-state index in [1.54, 1.807) is 42.6 Å². The van der Waals surface area contributed by atoms with E-state index in [9.17, 15) is 18.9 Å². The van der Waals surface area contributed by atoms with Crippen LogP contribution in [0.5, 0.6) is 0 Å². The highest BCUT2D eigenvalue weighted by molar-refractivity contribution is 7.88. The van der Waals surface area contributed by atoms with Gasteiger partial charge in [-0.15, -0.1) is 0 Å². The average molecular weight is 490 g/mol. The Kier molecular flexibility index (Phi) is 7.22. The molecule has 10 nitrogen and oxygen atoms in total. The Balaban J connectivity index is 1.52. The van der Waals surface area contributed by atoms with Crippen molar-refractivity contribution in [3.05, 3.63) is 65.9 Å². The lowest BCUT2D eigenvalue weighted by atomic mass is 10.0. The first-order valence-corrected chi connectivity index (χ1v) is 12.7. The molecule has 4 rings (SSSR count). The molecule has 1 unspecified atom stereocenters. The molecule has 0 aliphatic carbocycles. The molecule has 0 amide bonds. The van der Waals surface area contributed by atoms with Crippen molar-refractivity contribution in [2.75, 3.05) is 42.8 Å². The Hall–Kier alpha value is -4.03. The van der Waals surface area contributed by atoms with Gasteiger partial charge in [-0.1, -0.05) is 24.3 Å². The SMILES string of the molecule is CS(=O)(=O)NC(C#N)c1ccc(-c2ccnc(Nc3ccc(N4CCOCC4)c(C#N)c3)n2)cc1. The standard InChI is InChI=1S/C24H23N7O3S/c1-35(32,33)30-22(16-26)18-4-2-17(3-5-18)21-8-9-27-24(29-21)28-20-6-7-23(19(14-20)15-25)31-10-12-34-13-11-31/h2-9,14,22,30H,10-13H2,1H3,(H,27,28,29). The van der Waals surface area contributed by atoms with Crippen LogP contribution in [0, 0.1) is 22.7 Å². The molecule has 11 heteroatoms. The number of nitrogens with zero attached hydrogens (tertiary/aromatic N) is 5. The molecule has 1 aliphatic heterocycles. The van der Waals surface area contributed by atoms with Crippen LogP contribution in [0.3, 0.4) is 0 Å². The number of hydrogen-bond acceptors (Lipinski definition) is 9. The number of sulfonamides is 1. The Labute approximate surface area is 203 Å². The molecule has 1 saturated heterocycles. The van der Waals surface area contributed by atoms with Crippen LogP contribution < -0.4 is 14.9 Å². The van der Waals surface area contributed by atoms with E-state index < -0.39 is 16.1 Å². The third kappa shape index (κ3) is 6.11. The minimum Gasteiger partial charge on any atom is -0.378 e. The van der Waals surface area contributed by atoms with Gasteiger partial charge >= 0.3 is 0 Å². The van der Waals surface area contributed by atoms with Crippen LogP contribution in [0.2, 0.25) is 0 Å². The molecule has 1 aromatic heterocycles. The Morgan fingerprint density at radius 2 is 1.83 bits per heavy atom. The Morgan fingerprint density at radius 1 is 1.09 bits per heavy atom. The molecule has 0 radical (unpaired) electrons. The normalized spacial score (nSPS) is 14.5. The fourth-order valence-corrected chi connectivity index (χ4v) is 4.34. The first-order chi connectivity index (χ1) is 16.9. The quantitative estimate of drug-likeness (QED) is 0.512. The van der Waals surface area contributed by atoms with Crippen LogP contribution in [-0.4, -0.2) is 50.9 Å². The highest BCUT2D eigenvalue weighted by Crippen LogP contribution is 2.27. The summed E-state index contributed by atoms with van der Waals surface area (Å²) in [6.07, 6.45) is 2.63. The maximum atomic E-state index is 11.5. The van der Waals surface area contributed by atoms with Gasteiger partial charge in [-0.2, -0.15) is 15.2 Å². The van der Waals surface area contributed by atoms with Gasteiger partial charge in [0.25, 0.3) is 0 Å². The van der Waals surface area contributed by atoms with Crippen LogP contribution in [0.4, 0.5) is 17.3 Å². The van der Waals surface area contributed by atoms with Gasteiger partial charge in [-0.05, 0) is 29.8 Å². The molecule has 35 heavy (non-hydrogen) atoms. The highest BCUT2D eigenvalue weighted by Gasteiger charge is 2.17. The largest absolute Gasteiger partial charge is 0.378 e. The van der Waals surface area contributed by atoms with E-state index in [0.717, 1.165) is 30.6 Å². The third-order valence-corrected chi connectivity index (χ3v) is 6.05. The number of nitriles is 2. The van der Waals surface area contributed by atoms with Crippen molar-refractivity contribution in [1.82, 2.24) is 14.7 Å². The van der Waals surface area contributed by atoms with Gasteiger partial charge in [0, 0.05) is 30.5 Å². The van der Waals surface area contributed by atoms with Crippen LogP contribution in [0.15, 0.2) is 54.7 Å². The van der Waals surface area contributed by atoms with Crippen molar-refractivity contribution >= 4 is 27.3 Å². The van der Waals surface area contributed by atoms with E-state index in [1.165, 1.54) is 0 Å². The zero-order chi connectivity index (χ0) is 24.8. The number of ether oxygens (including phenoxy) is 1. The van der Waals surface area contributed by atoms with Crippen molar-refractivity contribution in [2.45, 2.75) is 6.04 Å². The van der Waals surface area contributed by atoms with Crippen LogP contribution in [-0.2, 0) is 14.8 Å². The zero-order valence-electron chi connectivity index (χ0n) is 19.0. The second kappa shape index (κ2) is 10.5. The summed E-state index contributed by atoms with van der Waals surface area (Å²) in [6, 6.07) is 17.4. The Morgan fingerprint density at radius 3 is 2.49 bits per heavy atom. The van der Waals surface area contributed by atoms with E-state index in [1.807, 2.05) is 18.2 Å². The molecular weight excluding hydrogens is 466 g/mol. The molecule has 3 aromatic rings. The van der Waals surface area contributed by atoms with Gasteiger partial charge in [0.1, 0.15) is 12.1 Å². The van der Waals surface area contributed by atoms with Crippen molar-refractivity contribution < 1.29 is 13.2 Å². The first kappa shape index (κ1) is 24.1. The van der Waals surface area contributed by atoms with E-state index in [4.69, 9.17) is 4.74 Å². The van der Waals surface area contributed by atoms with E-state index in [2.05, 4.69) is 31.0 Å². The summed E-state index contributed by atoms with van der Waals surface area (Å²) < 4.78 is 30.6. The Bertz CT molecular complexity index is 1390. The summed E-state index contributed by atoms with van der Waals surface area (Å²) in [7, 11) is -3.53. The average Bonchev–Trinajstić information content (AvgIpc) is 2.87. The predicted octanol–water partition coefficient (Wildman–Crippen LogP) is 2.71. The number of aromatic nitrogens is 2. The fraction of sp³-hybridized carbons (Fsp3) is 0.250. The molecule has 178 valence electrons. The topological polar surface area (TPSA) is 144 Å². The van der Waals surface area contributed by atoms with E-state index in [0.29, 0.717) is 41.7 Å². The second-order valence-corrected chi connectivity index (χ2v) is 9.69. The number of hydrogen-bond donors (Lipinski definition) is 2. The predicted molar refractivity (Wildman–Crippen MR) is 131 cm³/mol. The van der Waals surface area contributed by atoms with E-state index >= 15 is 0 Å². The van der Waals surface area contributed by atoms with Crippen LogP contribution in [0.1, 0.15) is 17.2 Å². The monoisotopic (exact) mass is 489 g/mol. The highest BCUT2D eigenvalue weighted by atomic mass is 32.2. The second-order valence-electron chi connectivity index (χ2n) is 7.91. The molecule has 2 N–H and O–H groups in total. The van der Waals surface area contributed by atoms with Gasteiger partial charge in [-0.25, -0.2) is 18.4 Å². The summed E-state index contributed by atoms with van der Waals surface area (Å²) in [5, 5.41) is 22.1. The summed E-state index contributed by atoms with van der Waals surface area (Å²) in [6.45, 7) is 2.76. The van der Waals surface area contributed by atoms with Gasteiger partial charge in [0.2, 0.25) is 16.0 Å². The van der Waals surface area contributed by atoms with Crippen molar-refractivity contribution in [3.63, 3.8) is 0 Å².